The molecule has 0 aliphatic carbocycles. The van der Waals surface area contributed by atoms with Gasteiger partial charge in [-0.2, -0.15) is 0 Å². The summed E-state index contributed by atoms with van der Waals surface area (Å²) in [5.74, 6) is 0. The zero-order chi connectivity index (χ0) is 9.97. The third kappa shape index (κ3) is 3.46. The summed E-state index contributed by atoms with van der Waals surface area (Å²) in [7, 11) is 0. The van der Waals surface area contributed by atoms with Crippen LogP contribution in [0.3, 0.4) is 0 Å². The Morgan fingerprint density at radius 3 is 2.62 bits per heavy atom. The third-order valence-corrected chi connectivity index (χ3v) is 2.97. The summed E-state index contributed by atoms with van der Waals surface area (Å²) in [6.07, 6.45) is 0. The zero-order valence-corrected chi connectivity index (χ0v) is 11.3. The van der Waals surface area contributed by atoms with Crippen LogP contribution in [-0.4, -0.2) is 4.98 Å². The Labute approximate surface area is 112 Å². The average molecular weight is 277 g/mol. The van der Waals surface area contributed by atoms with E-state index in [0.717, 1.165) is 10.7 Å². The molecule has 1 aromatic heterocycles. The van der Waals surface area contributed by atoms with Crippen LogP contribution >= 0.6 is 36.2 Å². The van der Waals surface area contributed by atoms with Crippen molar-refractivity contribution in [2.75, 3.05) is 0 Å². The first kappa shape index (κ1) is 15.4. The van der Waals surface area contributed by atoms with E-state index in [1.165, 1.54) is 11.1 Å². The number of hydrogen-bond donors (Lipinski definition) is 1. The lowest BCUT2D eigenvalue weighted by atomic mass is 10.1. The Bertz CT molecular complexity index is 443. The number of rotatable bonds is 2. The van der Waals surface area contributed by atoms with E-state index in [0.29, 0.717) is 6.54 Å². The van der Waals surface area contributed by atoms with Gasteiger partial charge in [0.2, 0.25) is 0 Å². The average Bonchev–Trinajstić information content (AvgIpc) is 2.66. The molecule has 0 saturated carbocycles. The van der Waals surface area contributed by atoms with E-state index in [-0.39, 0.29) is 24.8 Å². The van der Waals surface area contributed by atoms with Crippen molar-refractivity contribution in [1.29, 1.82) is 0 Å². The molecule has 0 amide bonds. The Kier molecular flexibility index (Phi) is 6.60. The van der Waals surface area contributed by atoms with Crippen molar-refractivity contribution >= 4 is 36.2 Å². The van der Waals surface area contributed by atoms with E-state index in [1.54, 1.807) is 11.3 Å². The maximum atomic E-state index is 5.52. The van der Waals surface area contributed by atoms with Gasteiger partial charge in [-0.15, -0.1) is 36.2 Å². The molecule has 0 saturated heterocycles. The Morgan fingerprint density at radius 2 is 2.06 bits per heavy atom. The molecule has 0 spiro atoms. The summed E-state index contributed by atoms with van der Waals surface area (Å²) >= 11 is 1.64. The molecule has 0 atom stereocenters. The van der Waals surface area contributed by atoms with Crippen molar-refractivity contribution in [3.05, 3.63) is 40.9 Å². The van der Waals surface area contributed by atoms with E-state index in [9.17, 15) is 0 Å². The summed E-state index contributed by atoms with van der Waals surface area (Å²) in [4.78, 5) is 4.43. The van der Waals surface area contributed by atoms with Gasteiger partial charge in [-0.25, -0.2) is 4.98 Å². The molecule has 0 aliphatic heterocycles. The second kappa shape index (κ2) is 6.86. The van der Waals surface area contributed by atoms with E-state index in [2.05, 4.69) is 30.1 Å². The summed E-state index contributed by atoms with van der Waals surface area (Å²) in [5.41, 5.74) is 8.91. The Hall–Kier alpha value is -0.610. The first-order valence-corrected chi connectivity index (χ1v) is 5.39. The van der Waals surface area contributed by atoms with E-state index < -0.39 is 0 Å². The van der Waals surface area contributed by atoms with Crippen molar-refractivity contribution in [3.8, 4) is 10.6 Å². The third-order valence-electron chi connectivity index (χ3n) is 2.03. The van der Waals surface area contributed by atoms with Crippen LogP contribution in [0.15, 0.2) is 29.6 Å². The van der Waals surface area contributed by atoms with E-state index in [4.69, 9.17) is 5.73 Å². The molecule has 0 unspecified atom stereocenters. The predicted molar refractivity (Wildman–Crippen MR) is 74.7 cm³/mol. The van der Waals surface area contributed by atoms with Gasteiger partial charge in [0.05, 0.1) is 5.69 Å². The first-order chi connectivity index (χ1) is 6.79. The maximum absolute atomic E-state index is 5.52. The van der Waals surface area contributed by atoms with Crippen LogP contribution in [-0.2, 0) is 6.54 Å². The number of nitrogens with zero attached hydrogens (tertiary/aromatic N) is 1. The summed E-state index contributed by atoms with van der Waals surface area (Å²) in [6, 6.07) is 8.35. The maximum Gasteiger partial charge on any atom is 0.123 e. The zero-order valence-electron chi connectivity index (χ0n) is 8.84. The molecule has 5 heteroatoms. The fourth-order valence-electron chi connectivity index (χ4n) is 1.31. The van der Waals surface area contributed by atoms with Gasteiger partial charge in [-0.05, 0) is 13.0 Å². The van der Waals surface area contributed by atoms with Gasteiger partial charge in [-0.1, -0.05) is 23.8 Å². The molecule has 2 nitrogen and oxygen atoms in total. The highest BCUT2D eigenvalue weighted by Gasteiger charge is 2.02. The lowest BCUT2D eigenvalue weighted by Crippen LogP contribution is -1.95. The van der Waals surface area contributed by atoms with Crippen LogP contribution in [0.25, 0.3) is 10.6 Å². The SMILES string of the molecule is Cc1cccc(-c2nc(CN)cs2)c1.Cl.Cl. The molecule has 2 aromatic rings. The molecule has 2 N–H and O–H groups in total. The van der Waals surface area contributed by atoms with Crippen molar-refractivity contribution < 1.29 is 0 Å². The lowest BCUT2D eigenvalue weighted by molar-refractivity contribution is 1.01. The monoisotopic (exact) mass is 276 g/mol. The van der Waals surface area contributed by atoms with Crippen LogP contribution in [0.4, 0.5) is 0 Å². The topological polar surface area (TPSA) is 38.9 Å². The summed E-state index contributed by atoms with van der Waals surface area (Å²) in [6.45, 7) is 2.60. The second-order valence-corrected chi connectivity index (χ2v) is 4.08. The van der Waals surface area contributed by atoms with Crippen LogP contribution in [0.2, 0.25) is 0 Å². The molecular formula is C11H14Cl2N2S. The van der Waals surface area contributed by atoms with Crippen molar-refractivity contribution in [2.24, 2.45) is 5.73 Å². The number of thiazole rings is 1. The van der Waals surface area contributed by atoms with Crippen molar-refractivity contribution in [2.45, 2.75) is 13.5 Å². The number of aromatic nitrogens is 1. The summed E-state index contributed by atoms with van der Waals surface area (Å²) in [5, 5.41) is 3.06. The summed E-state index contributed by atoms with van der Waals surface area (Å²) < 4.78 is 0. The molecule has 1 heterocycles. The molecule has 2 rings (SSSR count). The van der Waals surface area contributed by atoms with Gasteiger partial charge in [0.15, 0.2) is 0 Å². The lowest BCUT2D eigenvalue weighted by Gasteiger charge is -1.97. The standard InChI is InChI=1S/C11H12N2S.2ClH/c1-8-3-2-4-9(5-8)11-13-10(6-12)7-14-11;;/h2-5,7H,6,12H2,1H3;2*1H. The van der Waals surface area contributed by atoms with Crippen LogP contribution in [0, 0.1) is 6.92 Å². The fourth-order valence-corrected chi connectivity index (χ4v) is 2.14. The van der Waals surface area contributed by atoms with E-state index in [1.807, 2.05) is 11.4 Å². The number of benzene rings is 1. The number of halogens is 2. The molecular weight excluding hydrogens is 263 g/mol. The Morgan fingerprint density at radius 1 is 1.31 bits per heavy atom. The number of aryl methyl sites for hydroxylation is 1. The van der Waals surface area contributed by atoms with Gasteiger partial charge in [0.1, 0.15) is 5.01 Å². The van der Waals surface area contributed by atoms with Gasteiger partial charge in [-0.3, -0.25) is 0 Å². The van der Waals surface area contributed by atoms with Gasteiger partial charge < -0.3 is 5.73 Å². The van der Waals surface area contributed by atoms with Crippen molar-refractivity contribution in [1.82, 2.24) is 4.98 Å². The van der Waals surface area contributed by atoms with Crippen LogP contribution in [0.5, 0.6) is 0 Å². The largest absolute Gasteiger partial charge is 0.325 e. The quantitative estimate of drug-likeness (QED) is 0.913. The number of nitrogens with two attached hydrogens (primary N) is 1. The molecule has 0 fully saturated rings. The van der Waals surface area contributed by atoms with Gasteiger partial charge in [0, 0.05) is 17.5 Å². The highest BCUT2D eigenvalue weighted by molar-refractivity contribution is 7.13. The minimum absolute atomic E-state index is 0. The molecule has 0 bridgehead atoms. The van der Waals surface area contributed by atoms with Gasteiger partial charge in [0.25, 0.3) is 0 Å². The molecule has 0 radical (unpaired) electrons. The molecule has 1 aromatic carbocycles. The van der Waals surface area contributed by atoms with Crippen LogP contribution < -0.4 is 5.73 Å². The minimum Gasteiger partial charge on any atom is -0.325 e. The molecule has 0 aliphatic rings. The minimum atomic E-state index is 0. The van der Waals surface area contributed by atoms with Gasteiger partial charge >= 0.3 is 0 Å². The molecule has 16 heavy (non-hydrogen) atoms. The smallest absolute Gasteiger partial charge is 0.123 e. The second-order valence-electron chi connectivity index (χ2n) is 3.22. The highest BCUT2D eigenvalue weighted by atomic mass is 35.5. The number of hydrogen-bond acceptors (Lipinski definition) is 3. The van der Waals surface area contributed by atoms with Crippen molar-refractivity contribution in [3.63, 3.8) is 0 Å². The normalized spacial score (nSPS) is 9.12. The fraction of sp³-hybridized carbons (Fsp3) is 0.182. The van der Waals surface area contributed by atoms with Crippen LogP contribution in [0.1, 0.15) is 11.3 Å². The first-order valence-electron chi connectivity index (χ1n) is 4.51. The predicted octanol–water partition coefficient (Wildman–Crippen LogP) is 3.42. The highest BCUT2D eigenvalue weighted by Crippen LogP contribution is 2.23. The van der Waals surface area contributed by atoms with E-state index >= 15 is 0 Å². The molecule has 88 valence electrons. The Balaban J connectivity index is 0.00000112.